The zero-order chi connectivity index (χ0) is 15.0. The summed E-state index contributed by atoms with van der Waals surface area (Å²) in [5, 5.41) is 3.61. The zero-order valence-corrected chi connectivity index (χ0v) is 12.8. The Balaban J connectivity index is 2.01. The fourth-order valence-corrected chi connectivity index (χ4v) is 2.12. The topological polar surface area (TPSA) is 64.3 Å². The summed E-state index contributed by atoms with van der Waals surface area (Å²) in [6.07, 6.45) is 0.984. The number of nitrogens with two attached hydrogens (primary N) is 1. The highest BCUT2D eigenvalue weighted by atomic mass is 35.5. The van der Waals surface area contributed by atoms with Crippen LogP contribution in [0.4, 0.5) is 4.79 Å². The van der Waals surface area contributed by atoms with Crippen LogP contribution in [0.3, 0.4) is 0 Å². The summed E-state index contributed by atoms with van der Waals surface area (Å²) in [4.78, 5) is 12.0. The number of carbonyl (C=O) groups is 1. The van der Waals surface area contributed by atoms with Crippen LogP contribution in [-0.2, 0) is 10.3 Å². The van der Waals surface area contributed by atoms with Gasteiger partial charge in [0.05, 0.1) is 5.54 Å². The van der Waals surface area contributed by atoms with E-state index in [2.05, 4.69) is 5.32 Å². The highest BCUT2D eigenvalue weighted by Crippen LogP contribution is 2.46. The molecule has 0 aliphatic heterocycles. The molecule has 1 atom stereocenters. The molecule has 2 rings (SSSR count). The first-order valence-corrected chi connectivity index (χ1v) is 7.14. The van der Waals surface area contributed by atoms with Gasteiger partial charge in [-0.25, -0.2) is 4.79 Å². The first-order chi connectivity index (χ1) is 9.23. The third-order valence-corrected chi connectivity index (χ3v) is 4.04. The van der Waals surface area contributed by atoms with Gasteiger partial charge in [-0.15, -0.1) is 0 Å². The van der Waals surface area contributed by atoms with Gasteiger partial charge < -0.3 is 15.8 Å². The van der Waals surface area contributed by atoms with Crippen molar-refractivity contribution in [2.75, 3.05) is 0 Å². The molecule has 1 aromatic rings. The number of benzene rings is 1. The first kappa shape index (κ1) is 15.1. The number of hydrogen-bond donors (Lipinski definition) is 2. The summed E-state index contributed by atoms with van der Waals surface area (Å²) in [6.45, 7) is 5.45. The zero-order valence-electron chi connectivity index (χ0n) is 12.1. The molecule has 4 nitrogen and oxygen atoms in total. The summed E-state index contributed by atoms with van der Waals surface area (Å²) in [5.41, 5.74) is 6.03. The predicted molar refractivity (Wildman–Crippen MR) is 79.7 cm³/mol. The van der Waals surface area contributed by atoms with Crippen LogP contribution < -0.4 is 11.1 Å². The van der Waals surface area contributed by atoms with Gasteiger partial charge in [-0.2, -0.15) is 0 Å². The maximum absolute atomic E-state index is 12.0. The van der Waals surface area contributed by atoms with Gasteiger partial charge in [-0.05, 0) is 51.3 Å². The van der Waals surface area contributed by atoms with Gasteiger partial charge in [0, 0.05) is 10.6 Å². The number of rotatable bonds is 4. The molecular formula is C15H21ClN2O2. The highest BCUT2D eigenvalue weighted by Gasteiger charge is 2.46. The molecule has 1 aliphatic rings. The van der Waals surface area contributed by atoms with Crippen molar-refractivity contribution in [2.45, 2.75) is 50.8 Å². The van der Waals surface area contributed by atoms with Crippen molar-refractivity contribution in [2.24, 2.45) is 5.73 Å². The maximum Gasteiger partial charge on any atom is 0.408 e. The van der Waals surface area contributed by atoms with E-state index in [0.717, 1.165) is 18.4 Å². The van der Waals surface area contributed by atoms with Crippen LogP contribution in [-0.4, -0.2) is 17.7 Å². The Morgan fingerprint density at radius 2 is 2.15 bits per heavy atom. The van der Waals surface area contributed by atoms with Crippen molar-refractivity contribution in [1.29, 1.82) is 0 Å². The van der Waals surface area contributed by atoms with Crippen LogP contribution in [0.5, 0.6) is 0 Å². The maximum atomic E-state index is 12.0. The molecule has 20 heavy (non-hydrogen) atoms. The minimum absolute atomic E-state index is 0.333. The van der Waals surface area contributed by atoms with Gasteiger partial charge in [0.1, 0.15) is 6.10 Å². The lowest BCUT2D eigenvalue weighted by Crippen LogP contribution is -2.48. The SMILES string of the molecule is CC(OC(=O)NC1(c2cccc(Cl)c2)CC1)C(C)(C)N. The largest absolute Gasteiger partial charge is 0.445 e. The predicted octanol–water partition coefficient (Wildman–Crippen LogP) is 3.18. The minimum atomic E-state index is -0.565. The number of halogens is 1. The molecule has 0 spiro atoms. The molecule has 1 aliphatic carbocycles. The molecule has 1 amide bonds. The molecule has 1 aromatic carbocycles. The minimum Gasteiger partial charge on any atom is -0.445 e. The molecule has 1 saturated carbocycles. The van der Waals surface area contributed by atoms with E-state index in [4.69, 9.17) is 22.1 Å². The molecule has 3 N–H and O–H groups in total. The number of nitrogens with one attached hydrogen (secondary N) is 1. The standard InChI is InChI=1S/C15H21ClN2O2/c1-10(14(2,3)17)20-13(19)18-15(7-8-15)11-5-4-6-12(16)9-11/h4-6,9-10H,7-8,17H2,1-3H3,(H,18,19). The molecule has 0 heterocycles. The molecule has 1 fully saturated rings. The van der Waals surface area contributed by atoms with Crippen LogP contribution in [0, 0.1) is 0 Å². The summed E-state index contributed by atoms with van der Waals surface area (Å²) in [6, 6.07) is 7.55. The Morgan fingerprint density at radius 3 is 2.65 bits per heavy atom. The Morgan fingerprint density at radius 1 is 1.50 bits per heavy atom. The van der Waals surface area contributed by atoms with E-state index in [1.165, 1.54) is 0 Å². The Labute approximate surface area is 124 Å². The van der Waals surface area contributed by atoms with Crippen LogP contribution in [0.2, 0.25) is 5.02 Å². The van der Waals surface area contributed by atoms with Crippen LogP contribution in [0.25, 0.3) is 0 Å². The van der Waals surface area contributed by atoms with Gasteiger partial charge in [-0.3, -0.25) is 0 Å². The molecule has 0 saturated heterocycles. The quantitative estimate of drug-likeness (QED) is 0.897. The smallest absolute Gasteiger partial charge is 0.408 e. The van der Waals surface area contributed by atoms with Gasteiger partial charge in [0.15, 0.2) is 0 Å². The van der Waals surface area contributed by atoms with Gasteiger partial charge >= 0.3 is 6.09 Å². The fraction of sp³-hybridized carbons (Fsp3) is 0.533. The summed E-state index contributed by atoms with van der Waals surface area (Å²) in [5.74, 6) is 0. The van der Waals surface area contributed by atoms with E-state index in [1.54, 1.807) is 6.92 Å². The lowest BCUT2D eigenvalue weighted by molar-refractivity contribution is 0.0669. The number of hydrogen-bond acceptors (Lipinski definition) is 3. The van der Waals surface area contributed by atoms with E-state index in [9.17, 15) is 4.79 Å². The van der Waals surface area contributed by atoms with Crippen LogP contribution >= 0.6 is 11.6 Å². The summed E-state index contributed by atoms with van der Waals surface area (Å²) in [7, 11) is 0. The Bertz CT molecular complexity index is 507. The molecule has 110 valence electrons. The molecular weight excluding hydrogens is 276 g/mol. The fourth-order valence-electron chi connectivity index (χ4n) is 1.93. The lowest BCUT2D eigenvalue weighted by atomic mass is 10.0. The third-order valence-electron chi connectivity index (χ3n) is 3.80. The van der Waals surface area contributed by atoms with E-state index in [1.807, 2.05) is 38.1 Å². The van der Waals surface area contributed by atoms with Crippen molar-refractivity contribution < 1.29 is 9.53 Å². The first-order valence-electron chi connectivity index (χ1n) is 6.77. The number of alkyl carbamates (subject to hydrolysis) is 1. The second-order valence-electron chi connectivity index (χ2n) is 6.09. The second kappa shape index (κ2) is 5.26. The number of amides is 1. The second-order valence-corrected chi connectivity index (χ2v) is 6.52. The molecule has 1 unspecified atom stereocenters. The Hall–Kier alpha value is -1.26. The average molecular weight is 297 g/mol. The molecule has 0 radical (unpaired) electrons. The highest BCUT2D eigenvalue weighted by molar-refractivity contribution is 6.30. The lowest BCUT2D eigenvalue weighted by Gasteiger charge is -2.28. The van der Waals surface area contributed by atoms with Crippen molar-refractivity contribution in [3.05, 3.63) is 34.9 Å². The van der Waals surface area contributed by atoms with E-state index >= 15 is 0 Å². The van der Waals surface area contributed by atoms with Crippen LogP contribution in [0.15, 0.2) is 24.3 Å². The number of carbonyl (C=O) groups excluding carboxylic acids is 1. The molecule has 0 bridgehead atoms. The summed E-state index contributed by atoms with van der Waals surface area (Å²) >= 11 is 6.00. The van der Waals surface area contributed by atoms with Crippen LogP contribution in [0.1, 0.15) is 39.2 Å². The Kier molecular flexibility index (Phi) is 3.98. The van der Waals surface area contributed by atoms with E-state index in [-0.39, 0.29) is 11.6 Å². The van der Waals surface area contributed by atoms with Crippen molar-refractivity contribution in [3.8, 4) is 0 Å². The van der Waals surface area contributed by atoms with Gasteiger partial charge in [-0.1, -0.05) is 23.7 Å². The van der Waals surface area contributed by atoms with Crippen molar-refractivity contribution in [3.63, 3.8) is 0 Å². The average Bonchev–Trinajstić information content (AvgIpc) is 3.08. The van der Waals surface area contributed by atoms with Crippen molar-refractivity contribution in [1.82, 2.24) is 5.32 Å². The van der Waals surface area contributed by atoms with Gasteiger partial charge in [0.2, 0.25) is 0 Å². The monoisotopic (exact) mass is 296 g/mol. The molecule has 0 aromatic heterocycles. The molecule has 5 heteroatoms. The van der Waals surface area contributed by atoms with Gasteiger partial charge in [0.25, 0.3) is 0 Å². The van der Waals surface area contributed by atoms with Crippen molar-refractivity contribution >= 4 is 17.7 Å². The third kappa shape index (κ3) is 3.44. The summed E-state index contributed by atoms with van der Waals surface area (Å²) < 4.78 is 5.33. The van der Waals surface area contributed by atoms with E-state index in [0.29, 0.717) is 5.02 Å². The normalized spacial score (nSPS) is 18.2. The number of ether oxygens (including phenoxy) is 1. The van der Waals surface area contributed by atoms with E-state index < -0.39 is 11.6 Å².